The quantitative estimate of drug-likeness (QED) is 0.443. The SMILES string of the molecule is Cc1nn(Cc2cccc(Cl)c2)c(C)c1NC(=O)c1ccn(Cn2cc(Br)cn2)n1. The second kappa shape index (κ2) is 8.45. The van der Waals surface area contributed by atoms with Gasteiger partial charge in [-0.2, -0.15) is 15.3 Å². The fourth-order valence-electron chi connectivity index (χ4n) is 3.14. The number of aryl methyl sites for hydroxylation is 1. The van der Waals surface area contributed by atoms with Crippen LogP contribution in [0.15, 0.2) is 53.4 Å². The molecule has 0 aliphatic rings. The van der Waals surface area contributed by atoms with Crippen molar-refractivity contribution in [2.75, 3.05) is 5.32 Å². The molecule has 8 nitrogen and oxygen atoms in total. The molecule has 0 saturated heterocycles. The third-order valence-electron chi connectivity index (χ3n) is 4.61. The highest BCUT2D eigenvalue weighted by molar-refractivity contribution is 9.10. The fraction of sp³-hybridized carbons (Fsp3) is 0.200. The Morgan fingerprint density at radius 2 is 2.03 bits per heavy atom. The van der Waals surface area contributed by atoms with Crippen LogP contribution in [-0.2, 0) is 13.2 Å². The molecule has 30 heavy (non-hydrogen) atoms. The van der Waals surface area contributed by atoms with Crippen molar-refractivity contribution in [1.29, 1.82) is 0 Å². The molecule has 0 radical (unpaired) electrons. The summed E-state index contributed by atoms with van der Waals surface area (Å²) in [5.74, 6) is -0.288. The summed E-state index contributed by atoms with van der Waals surface area (Å²) in [5.41, 5.74) is 3.65. The lowest BCUT2D eigenvalue weighted by atomic mass is 10.2. The van der Waals surface area contributed by atoms with E-state index >= 15 is 0 Å². The van der Waals surface area contributed by atoms with E-state index in [1.165, 1.54) is 0 Å². The third kappa shape index (κ3) is 4.47. The summed E-state index contributed by atoms with van der Waals surface area (Å²) in [4.78, 5) is 12.7. The Balaban J connectivity index is 1.47. The van der Waals surface area contributed by atoms with E-state index in [0.29, 0.717) is 29.6 Å². The van der Waals surface area contributed by atoms with Crippen molar-refractivity contribution in [2.24, 2.45) is 0 Å². The monoisotopic (exact) mass is 487 g/mol. The highest BCUT2D eigenvalue weighted by Gasteiger charge is 2.17. The van der Waals surface area contributed by atoms with E-state index in [2.05, 4.69) is 36.5 Å². The minimum Gasteiger partial charge on any atom is -0.317 e. The molecule has 1 N–H and O–H groups in total. The maximum absolute atomic E-state index is 12.7. The first-order chi connectivity index (χ1) is 14.4. The first-order valence-corrected chi connectivity index (χ1v) is 10.4. The molecule has 0 spiro atoms. The number of amides is 1. The fourth-order valence-corrected chi connectivity index (χ4v) is 3.68. The number of hydrogen-bond acceptors (Lipinski definition) is 4. The minimum absolute atomic E-state index is 0.288. The van der Waals surface area contributed by atoms with Crippen molar-refractivity contribution in [3.05, 3.63) is 81.1 Å². The summed E-state index contributed by atoms with van der Waals surface area (Å²) in [6.45, 7) is 4.77. The molecule has 4 rings (SSSR count). The number of nitrogens with zero attached hydrogens (tertiary/aromatic N) is 6. The van der Waals surface area contributed by atoms with Crippen LogP contribution in [0.3, 0.4) is 0 Å². The average molecular weight is 489 g/mol. The summed E-state index contributed by atoms with van der Waals surface area (Å²) in [7, 11) is 0. The maximum atomic E-state index is 12.7. The van der Waals surface area contributed by atoms with E-state index in [9.17, 15) is 4.79 Å². The van der Waals surface area contributed by atoms with Crippen molar-refractivity contribution in [3.63, 3.8) is 0 Å². The van der Waals surface area contributed by atoms with Crippen molar-refractivity contribution >= 4 is 39.1 Å². The molecule has 0 aliphatic heterocycles. The molecule has 10 heteroatoms. The van der Waals surface area contributed by atoms with E-state index in [4.69, 9.17) is 11.6 Å². The number of aromatic nitrogens is 6. The third-order valence-corrected chi connectivity index (χ3v) is 5.25. The van der Waals surface area contributed by atoms with Crippen LogP contribution in [0, 0.1) is 13.8 Å². The van der Waals surface area contributed by atoms with Gasteiger partial charge in [-0.3, -0.25) is 14.2 Å². The van der Waals surface area contributed by atoms with Crippen LogP contribution < -0.4 is 5.32 Å². The van der Waals surface area contributed by atoms with Gasteiger partial charge < -0.3 is 5.32 Å². The Hall–Kier alpha value is -2.91. The number of rotatable bonds is 6. The highest BCUT2D eigenvalue weighted by Crippen LogP contribution is 2.22. The molecule has 0 bridgehead atoms. The molecule has 4 aromatic rings. The summed E-state index contributed by atoms with van der Waals surface area (Å²) in [6, 6.07) is 9.31. The molecule has 154 valence electrons. The smallest absolute Gasteiger partial charge is 0.276 e. The van der Waals surface area contributed by atoms with Crippen LogP contribution >= 0.6 is 27.5 Å². The standard InChI is InChI=1S/C20H19BrClN7O/c1-13-19(14(2)29(25-13)10-15-4-3-5-17(22)8-15)24-20(30)18-6-7-27(26-18)12-28-11-16(21)9-23-28/h3-9,11H,10,12H2,1-2H3,(H,24,30). The zero-order valence-electron chi connectivity index (χ0n) is 16.4. The molecule has 3 heterocycles. The van der Waals surface area contributed by atoms with Crippen molar-refractivity contribution in [1.82, 2.24) is 29.3 Å². The number of benzene rings is 1. The first-order valence-electron chi connectivity index (χ1n) is 9.20. The van der Waals surface area contributed by atoms with Gasteiger partial charge in [0.15, 0.2) is 5.69 Å². The lowest BCUT2D eigenvalue weighted by Crippen LogP contribution is -2.16. The molecule has 0 unspecified atom stereocenters. The van der Waals surface area contributed by atoms with E-state index < -0.39 is 0 Å². The van der Waals surface area contributed by atoms with Crippen LogP contribution in [0.1, 0.15) is 27.4 Å². The predicted octanol–water partition coefficient (Wildman–Crippen LogP) is 4.12. The first kappa shape index (κ1) is 20.4. The van der Waals surface area contributed by atoms with Crippen LogP contribution in [0.4, 0.5) is 5.69 Å². The van der Waals surface area contributed by atoms with Gasteiger partial charge in [-0.25, -0.2) is 4.68 Å². The van der Waals surface area contributed by atoms with Gasteiger partial charge >= 0.3 is 0 Å². The van der Waals surface area contributed by atoms with E-state index in [-0.39, 0.29) is 5.91 Å². The Kier molecular flexibility index (Phi) is 5.74. The van der Waals surface area contributed by atoms with Crippen molar-refractivity contribution in [2.45, 2.75) is 27.1 Å². The average Bonchev–Trinajstić information content (AvgIpc) is 3.39. The molecule has 3 aromatic heterocycles. The molecule has 1 aromatic carbocycles. The van der Waals surface area contributed by atoms with Gasteiger partial charge in [-0.1, -0.05) is 23.7 Å². The second-order valence-corrected chi connectivity index (χ2v) is 8.22. The summed E-state index contributed by atoms with van der Waals surface area (Å²) < 4.78 is 6.10. The van der Waals surface area contributed by atoms with Gasteiger partial charge in [-0.15, -0.1) is 0 Å². The Morgan fingerprint density at radius 1 is 1.20 bits per heavy atom. The Morgan fingerprint density at radius 3 is 2.77 bits per heavy atom. The Bertz CT molecular complexity index is 1210. The molecule has 1 amide bonds. The van der Waals surface area contributed by atoms with Gasteiger partial charge in [0.1, 0.15) is 6.67 Å². The number of carbonyl (C=O) groups is 1. The Labute approximate surface area is 186 Å². The number of carbonyl (C=O) groups excluding carboxylic acids is 1. The number of halogens is 2. The van der Waals surface area contributed by atoms with Gasteiger partial charge in [-0.05, 0) is 53.5 Å². The van der Waals surface area contributed by atoms with E-state index in [1.807, 2.05) is 49.0 Å². The van der Waals surface area contributed by atoms with Gasteiger partial charge in [0.05, 0.1) is 34.3 Å². The predicted molar refractivity (Wildman–Crippen MR) is 118 cm³/mol. The topological polar surface area (TPSA) is 82.6 Å². The molecule has 0 atom stereocenters. The van der Waals surface area contributed by atoms with Crippen molar-refractivity contribution in [3.8, 4) is 0 Å². The number of hydrogen-bond donors (Lipinski definition) is 1. The van der Waals surface area contributed by atoms with Crippen molar-refractivity contribution < 1.29 is 4.79 Å². The van der Waals surface area contributed by atoms with Gasteiger partial charge in [0.25, 0.3) is 5.91 Å². The second-order valence-electron chi connectivity index (χ2n) is 6.87. The minimum atomic E-state index is -0.288. The van der Waals surface area contributed by atoms with Gasteiger partial charge in [0, 0.05) is 17.4 Å². The normalized spacial score (nSPS) is 11.1. The van der Waals surface area contributed by atoms with Gasteiger partial charge in [0.2, 0.25) is 0 Å². The molecular weight excluding hydrogens is 470 g/mol. The molecule has 0 aliphatic carbocycles. The van der Waals surface area contributed by atoms with Crippen LogP contribution in [-0.4, -0.2) is 35.2 Å². The molecular formula is C20H19BrClN7O. The molecule has 0 saturated carbocycles. The van der Waals surface area contributed by atoms with Crippen LogP contribution in [0.2, 0.25) is 5.02 Å². The van der Waals surface area contributed by atoms with Crippen LogP contribution in [0.5, 0.6) is 0 Å². The summed E-state index contributed by atoms with van der Waals surface area (Å²) >= 11 is 9.43. The lowest BCUT2D eigenvalue weighted by molar-refractivity contribution is 0.102. The number of anilines is 1. The highest BCUT2D eigenvalue weighted by atomic mass is 79.9. The molecule has 0 fully saturated rings. The number of nitrogens with one attached hydrogen (secondary N) is 1. The zero-order valence-corrected chi connectivity index (χ0v) is 18.7. The van der Waals surface area contributed by atoms with E-state index in [1.54, 1.807) is 27.8 Å². The zero-order chi connectivity index (χ0) is 21.3. The maximum Gasteiger partial charge on any atom is 0.276 e. The lowest BCUT2D eigenvalue weighted by Gasteiger charge is -2.07. The van der Waals surface area contributed by atoms with E-state index in [0.717, 1.165) is 21.4 Å². The van der Waals surface area contributed by atoms with Crippen LogP contribution in [0.25, 0.3) is 0 Å². The summed E-state index contributed by atoms with van der Waals surface area (Å²) in [6.07, 6.45) is 5.28. The largest absolute Gasteiger partial charge is 0.317 e. The summed E-state index contributed by atoms with van der Waals surface area (Å²) in [5, 5.41) is 16.7.